The third-order valence-corrected chi connectivity index (χ3v) is 8.11. The van der Waals surface area contributed by atoms with E-state index in [-0.39, 0.29) is 36.6 Å². The van der Waals surface area contributed by atoms with Crippen LogP contribution in [0.1, 0.15) is 36.5 Å². The van der Waals surface area contributed by atoms with Gasteiger partial charge in [-0.15, -0.1) is 0 Å². The quantitative estimate of drug-likeness (QED) is 0.344. The molecule has 4 atom stereocenters. The van der Waals surface area contributed by atoms with Crippen LogP contribution in [0.3, 0.4) is 0 Å². The fraction of sp³-hybridized carbons (Fsp3) is 0.500. The Balaban J connectivity index is 1.11. The molecule has 242 valence electrons. The number of anilines is 2. The molecule has 2 aliphatic heterocycles. The van der Waals surface area contributed by atoms with Gasteiger partial charge in [-0.3, -0.25) is 9.59 Å². The highest BCUT2D eigenvalue weighted by molar-refractivity contribution is 5.83. The third-order valence-electron chi connectivity index (χ3n) is 8.11. The highest BCUT2D eigenvalue weighted by Crippen LogP contribution is 2.30. The number of piperidine rings is 1. The number of β-amino-alcohol motifs (C(OH)–C–C–N with tert-alkyl or cyclic N) is 1. The van der Waals surface area contributed by atoms with Crippen molar-refractivity contribution < 1.29 is 32.5 Å². The molecule has 4 heterocycles. The molecule has 12 nitrogen and oxygen atoms in total. The zero-order valence-electron chi connectivity index (χ0n) is 25.2. The van der Waals surface area contributed by atoms with Crippen molar-refractivity contribution in [1.82, 2.24) is 24.6 Å². The van der Waals surface area contributed by atoms with Gasteiger partial charge in [0.05, 0.1) is 49.9 Å². The molecule has 0 saturated carbocycles. The molecule has 5 rings (SSSR count). The summed E-state index contributed by atoms with van der Waals surface area (Å²) < 4.78 is 51.0. The molecule has 2 aromatic heterocycles. The zero-order chi connectivity index (χ0) is 32.3. The van der Waals surface area contributed by atoms with Crippen molar-refractivity contribution in [3.8, 4) is 5.75 Å². The van der Waals surface area contributed by atoms with E-state index in [1.54, 1.807) is 30.0 Å². The fourth-order valence-corrected chi connectivity index (χ4v) is 5.57. The summed E-state index contributed by atoms with van der Waals surface area (Å²) in [6, 6.07) is 6.72. The first-order chi connectivity index (χ1) is 21.4. The minimum absolute atomic E-state index is 0.0819. The van der Waals surface area contributed by atoms with Crippen molar-refractivity contribution >= 4 is 17.5 Å². The number of likely N-dealkylation sites (tertiary alicyclic amines) is 1. The molecule has 0 radical (unpaired) electrons. The maximum atomic E-state index is 13.2. The number of rotatable bonds is 10. The van der Waals surface area contributed by atoms with Crippen molar-refractivity contribution in [2.75, 3.05) is 43.6 Å². The van der Waals surface area contributed by atoms with Gasteiger partial charge in [0, 0.05) is 50.1 Å². The van der Waals surface area contributed by atoms with E-state index in [1.165, 1.54) is 4.68 Å². The van der Waals surface area contributed by atoms with Crippen molar-refractivity contribution in [2.24, 2.45) is 0 Å². The third kappa shape index (κ3) is 7.36. The van der Waals surface area contributed by atoms with Crippen LogP contribution in [0.25, 0.3) is 0 Å². The van der Waals surface area contributed by atoms with Crippen LogP contribution in [0, 0.1) is 6.92 Å². The lowest BCUT2D eigenvalue weighted by Gasteiger charge is -2.40. The topological polar surface area (TPSA) is 135 Å². The van der Waals surface area contributed by atoms with E-state index in [4.69, 9.17) is 9.47 Å². The second-order valence-corrected chi connectivity index (χ2v) is 11.3. The maximum Gasteiger partial charge on any atom is 0.419 e. The van der Waals surface area contributed by atoms with Crippen molar-refractivity contribution in [3.63, 3.8) is 0 Å². The number of nitrogens with one attached hydrogen (secondary N) is 1. The Labute approximate surface area is 257 Å². The second kappa shape index (κ2) is 13.4. The van der Waals surface area contributed by atoms with Gasteiger partial charge in [0.1, 0.15) is 11.9 Å². The summed E-state index contributed by atoms with van der Waals surface area (Å²) >= 11 is 0. The average Bonchev–Trinajstić information content (AvgIpc) is 3.39. The largest absolute Gasteiger partial charge is 0.497 e. The van der Waals surface area contributed by atoms with Crippen LogP contribution in [0.15, 0.2) is 47.7 Å². The Morgan fingerprint density at radius 2 is 1.80 bits per heavy atom. The number of aromatic nitrogens is 4. The molecule has 45 heavy (non-hydrogen) atoms. The summed E-state index contributed by atoms with van der Waals surface area (Å²) in [5.74, 6) is 0.603. The van der Waals surface area contributed by atoms with Crippen molar-refractivity contribution in [1.29, 1.82) is 0 Å². The van der Waals surface area contributed by atoms with Crippen LogP contribution < -0.4 is 20.5 Å². The lowest BCUT2D eigenvalue weighted by Crippen LogP contribution is -2.55. The molecule has 15 heteroatoms. The Morgan fingerprint density at radius 3 is 2.44 bits per heavy atom. The van der Waals surface area contributed by atoms with Gasteiger partial charge in [0.15, 0.2) is 0 Å². The first-order valence-corrected chi connectivity index (χ1v) is 14.6. The lowest BCUT2D eigenvalue weighted by atomic mass is 10.0. The first kappa shape index (κ1) is 32.2. The Hall–Kier alpha value is -4.24. The Bertz CT molecular complexity index is 1530. The first-order valence-electron chi connectivity index (χ1n) is 14.6. The number of methoxy groups -OCH3 is 1. The average molecular weight is 632 g/mol. The number of benzene rings is 1. The van der Waals surface area contributed by atoms with Crippen LogP contribution in [0.2, 0.25) is 0 Å². The molecule has 1 aromatic carbocycles. The number of nitrogens with zero attached hydrogens (tertiary/aromatic N) is 6. The maximum absolute atomic E-state index is 13.2. The lowest BCUT2D eigenvalue weighted by molar-refractivity contribution is -0.141. The van der Waals surface area contributed by atoms with E-state index < -0.39 is 30.0 Å². The minimum atomic E-state index is -4.53. The van der Waals surface area contributed by atoms with Gasteiger partial charge in [-0.1, -0.05) is 12.1 Å². The summed E-state index contributed by atoms with van der Waals surface area (Å²) in [5, 5.41) is 18.4. The summed E-state index contributed by atoms with van der Waals surface area (Å²) in [4.78, 5) is 37.0. The smallest absolute Gasteiger partial charge is 0.419 e. The molecule has 2 fully saturated rings. The molecule has 0 unspecified atom stereocenters. The predicted octanol–water partition coefficient (Wildman–Crippen LogP) is 2.48. The van der Waals surface area contributed by atoms with Crippen LogP contribution in [0.4, 0.5) is 24.8 Å². The van der Waals surface area contributed by atoms with Gasteiger partial charge in [-0.2, -0.15) is 18.3 Å². The van der Waals surface area contributed by atoms with Crippen LogP contribution in [-0.4, -0.2) is 93.3 Å². The molecule has 2 aliphatic rings. The molecule has 1 amide bonds. The number of hydrogen-bond acceptors (Lipinski definition) is 10. The summed E-state index contributed by atoms with van der Waals surface area (Å²) in [7, 11) is 1.59. The highest BCUT2D eigenvalue weighted by atomic mass is 19.4. The van der Waals surface area contributed by atoms with E-state index in [1.807, 2.05) is 31.2 Å². The zero-order valence-corrected chi connectivity index (χ0v) is 25.2. The summed E-state index contributed by atoms with van der Waals surface area (Å²) in [6.07, 6.45) is -2.24. The van der Waals surface area contributed by atoms with E-state index in [0.29, 0.717) is 43.7 Å². The highest BCUT2D eigenvalue weighted by Gasteiger charge is 2.42. The number of aliphatic hydroxyl groups excluding tert-OH is 1. The molecule has 0 bridgehead atoms. The second-order valence-electron chi connectivity index (χ2n) is 11.3. The van der Waals surface area contributed by atoms with E-state index in [2.05, 4.69) is 20.4 Å². The van der Waals surface area contributed by atoms with Gasteiger partial charge in [-0.05, 0) is 38.0 Å². The van der Waals surface area contributed by atoms with E-state index in [9.17, 15) is 27.9 Å². The number of carbonyl (C=O) groups excluding carboxylic acids is 1. The van der Waals surface area contributed by atoms with Gasteiger partial charge in [0.25, 0.3) is 11.5 Å². The van der Waals surface area contributed by atoms with Crippen LogP contribution in [0.5, 0.6) is 5.75 Å². The van der Waals surface area contributed by atoms with Crippen molar-refractivity contribution in [2.45, 2.75) is 63.7 Å². The predicted molar refractivity (Wildman–Crippen MR) is 158 cm³/mol. The summed E-state index contributed by atoms with van der Waals surface area (Å²) in [6.45, 7) is 4.99. The number of aliphatic hydroxyl groups is 1. The van der Waals surface area contributed by atoms with Gasteiger partial charge >= 0.3 is 6.18 Å². The number of hydrogen-bond donors (Lipinski definition) is 2. The monoisotopic (exact) mass is 631 g/mol. The number of amides is 1. The normalized spacial score (nSPS) is 21.2. The Kier molecular flexibility index (Phi) is 9.58. The summed E-state index contributed by atoms with van der Waals surface area (Å²) in [5.41, 5.74) is 0.831. The van der Waals surface area contributed by atoms with Crippen molar-refractivity contribution in [3.05, 3.63) is 69.9 Å². The number of alkyl halides is 3. The fourth-order valence-electron chi connectivity index (χ4n) is 5.57. The SMILES string of the molecule is COc1ccc(Cn2ncc(N[C@@H](C)CO[C@@H]3CCN([C@@H]4CCN(c5ncc(C(F)(F)F)cn5)C[C@H]4O)C3=O)c(C)c2=O)cc1. The van der Waals surface area contributed by atoms with E-state index >= 15 is 0 Å². The molecule has 0 spiro atoms. The van der Waals surface area contributed by atoms with Gasteiger partial charge in [-0.25, -0.2) is 14.6 Å². The standard InChI is InChI=1S/C30H36F3N7O5/c1-18(37-23-14-36-40(27(42)19(23)2)15-20-4-6-22(44-3)7-5-20)17-45-26-9-11-39(28(26)43)24-8-10-38(16-25(24)41)29-34-12-21(13-35-29)30(31,32)33/h4-7,12-14,18,24-26,37,41H,8-11,15-17H2,1-3H3/t18-,24+,25+,26+/m0/s1. The van der Waals surface area contributed by atoms with Gasteiger partial charge in [0.2, 0.25) is 5.95 Å². The van der Waals surface area contributed by atoms with Gasteiger partial charge < -0.3 is 29.7 Å². The molecule has 0 aliphatic carbocycles. The van der Waals surface area contributed by atoms with Crippen LogP contribution >= 0.6 is 0 Å². The molecule has 2 N–H and O–H groups in total. The number of halogens is 3. The van der Waals surface area contributed by atoms with E-state index in [0.717, 1.165) is 23.7 Å². The van der Waals surface area contributed by atoms with Crippen LogP contribution in [-0.2, 0) is 22.3 Å². The molecule has 2 saturated heterocycles. The molecular weight excluding hydrogens is 595 g/mol. The Morgan fingerprint density at radius 1 is 1.09 bits per heavy atom. The molecule has 3 aromatic rings. The number of carbonyl (C=O) groups is 1. The minimum Gasteiger partial charge on any atom is -0.497 e. The molecular formula is C30H36F3N7O5. The number of ether oxygens (including phenoxy) is 2.